The van der Waals surface area contributed by atoms with Crippen LogP contribution in [0.3, 0.4) is 0 Å². The van der Waals surface area contributed by atoms with E-state index in [-0.39, 0.29) is 17.8 Å². The van der Waals surface area contributed by atoms with Crippen molar-refractivity contribution in [2.24, 2.45) is 0 Å². The number of aromatic nitrogens is 2. The van der Waals surface area contributed by atoms with Gasteiger partial charge in [-0.2, -0.15) is 32.3 Å². The highest BCUT2D eigenvalue weighted by Gasteiger charge is 2.34. The average Bonchev–Trinajstić information content (AvgIpc) is 2.81. The van der Waals surface area contributed by atoms with Crippen molar-refractivity contribution >= 4 is 35.0 Å². The molecule has 2 aromatic rings. The van der Waals surface area contributed by atoms with Gasteiger partial charge in [0.15, 0.2) is 11.5 Å². The molecule has 13 heteroatoms. The van der Waals surface area contributed by atoms with Crippen molar-refractivity contribution < 1.29 is 31.4 Å². The van der Waals surface area contributed by atoms with Crippen molar-refractivity contribution in [1.82, 2.24) is 9.78 Å². The van der Waals surface area contributed by atoms with Crippen LogP contribution in [0.4, 0.5) is 26.3 Å². The fourth-order valence-electron chi connectivity index (χ4n) is 1.96. The van der Waals surface area contributed by atoms with Gasteiger partial charge in [0.05, 0.1) is 10.6 Å². The van der Waals surface area contributed by atoms with Gasteiger partial charge >= 0.3 is 6.18 Å². The topological polar surface area (TPSA) is 61.8 Å². The van der Waals surface area contributed by atoms with E-state index in [2.05, 4.69) is 5.10 Å². The number of thioether (sulfide) groups is 1. The average molecular weight is 436 g/mol. The minimum absolute atomic E-state index is 0.110. The van der Waals surface area contributed by atoms with E-state index in [1.165, 1.54) is 6.07 Å². The van der Waals surface area contributed by atoms with Crippen LogP contribution in [-0.2, 0) is 6.18 Å². The molecule has 140 valence electrons. The summed E-state index contributed by atoms with van der Waals surface area (Å²) in [5.41, 5.74) is -5.44. The molecule has 26 heavy (non-hydrogen) atoms. The number of hydrogen-bond acceptors (Lipinski definition) is 4. The van der Waals surface area contributed by atoms with Gasteiger partial charge in [0.1, 0.15) is 27.9 Å². The number of halogens is 8. The van der Waals surface area contributed by atoms with E-state index in [1.807, 2.05) is 0 Å². The molecule has 1 aromatic heterocycles. The Bertz CT molecular complexity index is 857. The summed E-state index contributed by atoms with van der Waals surface area (Å²) in [5.74, 6) is -4.58. The van der Waals surface area contributed by atoms with Crippen molar-refractivity contribution in [2.45, 2.75) is 17.4 Å². The van der Waals surface area contributed by atoms with E-state index >= 15 is 0 Å². The highest BCUT2D eigenvalue weighted by atomic mass is 35.5. The molecule has 2 rings (SSSR count). The Balaban J connectivity index is 2.71. The van der Waals surface area contributed by atoms with Gasteiger partial charge in [0.25, 0.3) is 5.76 Å². The maximum Gasteiger partial charge on any atom is 0.416 e. The number of nitrogens with zero attached hydrogens (tertiary/aromatic N) is 3. The molecule has 0 saturated carbocycles. The Morgan fingerprint density at radius 3 is 2.35 bits per heavy atom. The smallest absolute Gasteiger partial charge is 0.376 e. The van der Waals surface area contributed by atoms with Crippen LogP contribution in [0.5, 0.6) is 0 Å². The Kier molecular flexibility index (Phi) is 6.02. The number of hydrogen-bond donors (Lipinski definition) is 1. The van der Waals surface area contributed by atoms with Crippen molar-refractivity contribution in [3.63, 3.8) is 0 Å². The summed E-state index contributed by atoms with van der Waals surface area (Å²) in [4.78, 5) is 0. The Hall–Kier alpha value is -1.61. The predicted molar refractivity (Wildman–Crippen MR) is 81.8 cm³/mol. The summed E-state index contributed by atoms with van der Waals surface area (Å²) < 4.78 is 77.9. The Labute approximate surface area is 155 Å². The number of alkyl halides is 5. The maximum absolute atomic E-state index is 14.3. The number of rotatable bonds is 4. The van der Waals surface area contributed by atoms with Crippen LogP contribution in [0, 0.1) is 17.1 Å². The van der Waals surface area contributed by atoms with Crippen LogP contribution >= 0.6 is 35.0 Å². The van der Waals surface area contributed by atoms with Crippen molar-refractivity contribution in [3.05, 3.63) is 44.9 Å². The van der Waals surface area contributed by atoms with Crippen LogP contribution in [0.25, 0.3) is 5.69 Å². The normalized spacial score (nSPS) is 13.1. The fourth-order valence-corrected chi connectivity index (χ4v) is 3.12. The third-order valence-corrected chi connectivity index (χ3v) is 4.34. The van der Waals surface area contributed by atoms with E-state index in [9.17, 15) is 31.4 Å². The Morgan fingerprint density at radius 2 is 1.88 bits per heavy atom. The molecule has 0 spiro atoms. The first-order valence-electron chi connectivity index (χ1n) is 6.34. The molecule has 0 aliphatic rings. The zero-order valence-electron chi connectivity index (χ0n) is 12.0. The van der Waals surface area contributed by atoms with E-state index < -0.39 is 55.9 Å². The van der Waals surface area contributed by atoms with Gasteiger partial charge in [0, 0.05) is 0 Å². The quantitative estimate of drug-likeness (QED) is 0.532. The summed E-state index contributed by atoms with van der Waals surface area (Å²) in [6, 6.07) is 1.99. The van der Waals surface area contributed by atoms with Gasteiger partial charge in [0.2, 0.25) is 0 Å². The molecule has 0 fully saturated rings. The first kappa shape index (κ1) is 20.7. The molecular formula is C13H5Cl2F6N3OS. The summed E-state index contributed by atoms with van der Waals surface area (Å²) in [6.45, 7) is 0. The third-order valence-electron chi connectivity index (χ3n) is 2.99. The number of nitriles is 1. The molecule has 0 aliphatic heterocycles. The monoisotopic (exact) mass is 435 g/mol. The van der Waals surface area contributed by atoms with Crippen molar-refractivity contribution in [1.29, 1.82) is 5.26 Å². The fraction of sp³-hybridized carbons (Fsp3) is 0.231. The van der Waals surface area contributed by atoms with Gasteiger partial charge in [-0.25, -0.2) is 9.07 Å². The maximum atomic E-state index is 14.3. The van der Waals surface area contributed by atoms with Gasteiger partial charge in [-0.15, -0.1) is 0 Å². The highest BCUT2D eigenvalue weighted by Crippen LogP contribution is 2.40. The zero-order valence-corrected chi connectivity index (χ0v) is 14.4. The molecular weight excluding hydrogens is 431 g/mol. The van der Waals surface area contributed by atoms with E-state index in [4.69, 9.17) is 28.5 Å². The molecule has 1 aromatic carbocycles. The zero-order chi connectivity index (χ0) is 19.8. The number of aliphatic hydroxyl groups is 1. The predicted octanol–water partition coefficient (Wildman–Crippen LogP) is 5.16. The number of benzene rings is 1. The Morgan fingerprint density at radius 1 is 1.27 bits per heavy atom. The molecule has 0 radical (unpaired) electrons. The lowest BCUT2D eigenvalue weighted by Gasteiger charge is -2.16. The molecule has 0 aliphatic carbocycles. The minimum Gasteiger partial charge on any atom is -0.376 e. The largest absolute Gasteiger partial charge is 0.416 e. The van der Waals surface area contributed by atoms with Crippen LogP contribution in [-0.4, -0.2) is 20.6 Å². The SMILES string of the molecule is N#Cc1nn(-c2c(F)cc(C(F)(F)F)cc2Cl)c(C(O)SC(F)F)c1Cl. The van der Waals surface area contributed by atoms with Gasteiger partial charge in [-0.05, 0) is 12.1 Å². The summed E-state index contributed by atoms with van der Waals surface area (Å²) >= 11 is 11.2. The molecule has 0 amide bonds. The summed E-state index contributed by atoms with van der Waals surface area (Å²) in [5, 5.41) is 21.0. The molecule has 1 heterocycles. The van der Waals surface area contributed by atoms with Gasteiger partial charge < -0.3 is 5.11 Å². The lowest BCUT2D eigenvalue weighted by atomic mass is 10.2. The van der Waals surface area contributed by atoms with Crippen LogP contribution < -0.4 is 0 Å². The lowest BCUT2D eigenvalue weighted by Crippen LogP contribution is -2.12. The van der Waals surface area contributed by atoms with Gasteiger partial charge in [-0.1, -0.05) is 35.0 Å². The standard InChI is InChI=1S/C13H5Cl2F6N3OS/c14-5-1-4(13(19,20)21)2-6(16)9(5)24-10(11(25)26-12(17)18)8(15)7(3-22)23-24/h1-2,11-12,25H. The van der Waals surface area contributed by atoms with E-state index in [1.54, 1.807) is 0 Å². The van der Waals surface area contributed by atoms with Gasteiger partial charge in [-0.3, -0.25) is 0 Å². The number of aliphatic hydroxyl groups excluding tert-OH is 1. The van der Waals surface area contributed by atoms with E-state index in [0.717, 1.165) is 0 Å². The lowest BCUT2D eigenvalue weighted by molar-refractivity contribution is -0.137. The highest BCUT2D eigenvalue weighted by molar-refractivity contribution is 7.99. The molecule has 1 N–H and O–H groups in total. The molecule has 0 bridgehead atoms. The first-order chi connectivity index (χ1) is 12.0. The molecule has 4 nitrogen and oxygen atoms in total. The first-order valence-corrected chi connectivity index (χ1v) is 8.04. The van der Waals surface area contributed by atoms with Crippen LogP contribution in [0.2, 0.25) is 10.0 Å². The van der Waals surface area contributed by atoms with Crippen molar-refractivity contribution in [2.75, 3.05) is 0 Å². The molecule has 0 saturated heterocycles. The van der Waals surface area contributed by atoms with Crippen molar-refractivity contribution in [3.8, 4) is 11.8 Å². The minimum atomic E-state index is -4.89. The second kappa shape index (κ2) is 7.56. The molecule has 1 unspecified atom stereocenters. The van der Waals surface area contributed by atoms with Crippen LogP contribution in [0.1, 0.15) is 22.4 Å². The third kappa shape index (κ3) is 4.03. The second-order valence-electron chi connectivity index (χ2n) is 4.61. The summed E-state index contributed by atoms with van der Waals surface area (Å²) in [7, 11) is 0. The molecule has 1 atom stereocenters. The van der Waals surface area contributed by atoms with E-state index in [0.29, 0.717) is 10.7 Å². The van der Waals surface area contributed by atoms with Crippen LogP contribution in [0.15, 0.2) is 12.1 Å². The summed E-state index contributed by atoms with van der Waals surface area (Å²) in [6.07, 6.45) is -4.89. The second-order valence-corrected chi connectivity index (χ2v) is 6.47.